The summed E-state index contributed by atoms with van der Waals surface area (Å²) < 4.78 is 206. The summed E-state index contributed by atoms with van der Waals surface area (Å²) >= 11 is 0. The van der Waals surface area contributed by atoms with Gasteiger partial charge in [0.1, 0.15) is 12.1 Å². The van der Waals surface area contributed by atoms with Crippen molar-refractivity contribution in [3.8, 4) is 5.75 Å². The second kappa shape index (κ2) is 30.1. The highest BCUT2D eigenvalue weighted by Gasteiger charge is 2.45. The van der Waals surface area contributed by atoms with Crippen molar-refractivity contribution in [2.75, 3.05) is 6.61 Å². The standard InChI is InChI=1S/C23H25F6N3O2.C22H23F6N3O3.C21H23F3N2O3/c1-3-17(23(27,28)29)30-20(34)18-19(33)14(2)12-32(31-18)13-21(9-4-5-10-21)15-7-6-8-16(11-15)22(24,25)26;1-2-16(22(26,27)28)29-19(34)17-18(33)15(32)11-31(30-17)12-20(8-3-4-9-20)13-6-5-7-14(10-13)21(23,24)25;1-3-29-19(28)17-18(27)14(2)12-26(25-17)13-20(9-4-5-10-20)15-7-6-8-16(11-15)21(22,23)24/h6-8,11-12,17H,3-5,9-10,13H2,1-2H3,(H,30,34);5-7,10-11,16,32H,2-4,8-9,12H2,1H3,(H,29,34);6-8,11-12H,3-5,9-10,13H2,1-2H3. The Morgan fingerprint density at radius 2 is 0.784 bits per heavy atom. The number of nitrogens with one attached hydrogen (secondary N) is 2. The van der Waals surface area contributed by atoms with Crippen LogP contribution in [0.3, 0.4) is 0 Å². The van der Waals surface area contributed by atoms with Gasteiger partial charge in [-0.25, -0.2) is 4.79 Å². The molecule has 16 nitrogen and oxygen atoms in total. The number of nitrogens with zero attached hydrogens (tertiary/aromatic N) is 6. The molecule has 9 rings (SSSR count). The average molecular weight is 1390 g/mol. The van der Waals surface area contributed by atoms with Crippen molar-refractivity contribution in [3.05, 3.63) is 184 Å². The molecule has 3 heterocycles. The molecule has 3 saturated carbocycles. The monoisotopic (exact) mass is 1390 g/mol. The van der Waals surface area contributed by atoms with Gasteiger partial charge in [-0.15, -0.1) is 0 Å². The van der Waals surface area contributed by atoms with Crippen molar-refractivity contribution >= 4 is 17.8 Å². The Labute approximate surface area is 545 Å². The summed E-state index contributed by atoms with van der Waals surface area (Å²) in [4.78, 5) is 74.0. The molecule has 3 fully saturated rings. The Morgan fingerprint density at radius 1 is 0.485 bits per heavy atom. The van der Waals surface area contributed by atoms with Gasteiger partial charge in [0.15, 0.2) is 17.1 Å². The number of benzene rings is 3. The van der Waals surface area contributed by atoms with Crippen LogP contribution in [0.15, 0.2) is 106 Å². The predicted molar refractivity (Wildman–Crippen MR) is 323 cm³/mol. The Kier molecular flexibility index (Phi) is 23.5. The van der Waals surface area contributed by atoms with E-state index in [2.05, 4.69) is 15.3 Å². The molecule has 6 aromatic rings. The minimum atomic E-state index is -4.75. The Balaban J connectivity index is 0.000000206. The first-order valence-electron chi connectivity index (χ1n) is 31.1. The van der Waals surface area contributed by atoms with Gasteiger partial charge in [-0.2, -0.15) is 81.2 Å². The maximum Gasteiger partial charge on any atom is 0.416 e. The summed E-state index contributed by atoms with van der Waals surface area (Å²) in [5.74, 6) is -4.35. The molecule has 3 aromatic heterocycles. The van der Waals surface area contributed by atoms with E-state index in [1.807, 2.05) is 5.32 Å². The number of carbonyl (C=O) groups is 3. The smallest absolute Gasteiger partial charge is 0.416 e. The van der Waals surface area contributed by atoms with Crippen LogP contribution in [-0.4, -0.2) is 83.3 Å². The van der Waals surface area contributed by atoms with Crippen LogP contribution in [0.5, 0.6) is 5.75 Å². The molecule has 2 amide bonds. The summed E-state index contributed by atoms with van der Waals surface area (Å²) in [6.45, 7) is 7.45. The van der Waals surface area contributed by atoms with Gasteiger partial charge in [-0.05, 0) is 107 Å². The lowest BCUT2D eigenvalue weighted by Gasteiger charge is -2.31. The number of alkyl halides is 15. The molecular formula is C66H71F15N8O8. The number of aromatic hydroxyl groups is 1. The van der Waals surface area contributed by atoms with Crippen LogP contribution in [0.4, 0.5) is 65.9 Å². The van der Waals surface area contributed by atoms with E-state index in [1.165, 1.54) is 60.6 Å². The predicted octanol–water partition coefficient (Wildman–Crippen LogP) is 14.0. The molecule has 97 heavy (non-hydrogen) atoms. The van der Waals surface area contributed by atoms with Crippen LogP contribution in [0, 0.1) is 13.8 Å². The van der Waals surface area contributed by atoms with Crippen LogP contribution in [-0.2, 0) is 59.1 Å². The summed E-state index contributed by atoms with van der Waals surface area (Å²) in [5, 5.41) is 25.6. The quantitative estimate of drug-likeness (QED) is 0.0578. The number of hydrogen-bond acceptors (Lipinski definition) is 11. The highest BCUT2D eigenvalue weighted by atomic mass is 19.4. The fraction of sp³-hybridized carbons (Fsp3) is 0.500. The first-order chi connectivity index (χ1) is 45.2. The van der Waals surface area contributed by atoms with E-state index in [-0.39, 0.29) is 37.5 Å². The SMILES string of the molecule is CCC(NC(=O)c1nn(CC2(c3cccc(C(F)(F)F)c3)CCCC2)cc(C)c1=O)C(F)(F)F.CCC(NC(=O)c1nn(CC2(c3cccc(C(F)(F)F)c3)CCCC2)cc(O)c1=O)C(F)(F)F.CCOC(=O)c1nn(CC2(c3cccc(C(F)(F)F)c3)CCCC2)cc(C)c1=O. The van der Waals surface area contributed by atoms with Crippen LogP contribution < -0.4 is 26.9 Å². The lowest BCUT2D eigenvalue weighted by Crippen LogP contribution is -2.46. The molecular weight excluding hydrogens is 1320 g/mol. The molecule has 2 atom stereocenters. The number of aryl methyl sites for hydroxylation is 2. The van der Waals surface area contributed by atoms with Gasteiger partial charge in [0.25, 0.3) is 17.2 Å². The van der Waals surface area contributed by atoms with Crippen LogP contribution in [0.2, 0.25) is 0 Å². The number of ether oxygens (including phenoxy) is 1. The van der Waals surface area contributed by atoms with Crippen molar-refractivity contribution in [2.24, 2.45) is 0 Å². The molecule has 3 aromatic carbocycles. The second-order valence-corrected chi connectivity index (χ2v) is 24.6. The van der Waals surface area contributed by atoms with Crippen LogP contribution >= 0.6 is 0 Å². The van der Waals surface area contributed by atoms with E-state index in [0.29, 0.717) is 73.6 Å². The molecule has 31 heteroatoms. The third-order valence-corrected chi connectivity index (χ3v) is 17.8. The third kappa shape index (κ3) is 18.4. The average Bonchev–Trinajstić information content (AvgIpc) is 1.76. The number of rotatable bonds is 17. The van der Waals surface area contributed by atoms with E-state index in [0.717, 1.165) is 66.9 Å². The molecule has 3 aliphatic rings. The van der Waals surface area contributed by atoms with Crippen LogP contribution in [0.1, 0.15) is 187 Å². The zero-order chi connectivity index (χ0) is 71.9. The van der Waals surface area contributed by atoms with E-state index in [4.69, 9.17) is 4.74 Å². The molecule has 3 aliphatic carbocycles. The molecule has 0 bridgehead atoms. The molecule has 3 N–H and O–H groups in total. The number of aromatic nitrogens is 6. The van der Waals surface area contributed by atoms with Crippen molar-refractivity contribution < 1.29 is 90.1 Å². The fourth-order valence-electron chi connectivity index (χ4n) is 12.8. The highest BCUT2D eigenvalue weighted by Crippen LogP contribution is 2.47. The third-order valence-electron chi connectivity index (χ3n) is 17.8. The largest absolute Gasteiger partial charge is 0.503 e. The summed E-state index contributed by atoms with van der Waals surface area (Å²) in [6.07, 6.45) is -11.8. The van der Waals surface area contributed by atoms with Gasteiger partial charge in [-0.1, -0.05) is 107 Å². The Morgan fingerprint density at radius 3 is 1.08 bits per heavy atom. The second-order valence-electron chi connectivity index (χ2n) is 24.6. The Bertz CT molecular complexity index is 3790. The summed E-state index contributed by atoms with van der Waals surface area (Å²) in [6, 6.07) is 10.9. The van der Waals surface area contributed by atoms with Gasteiger partial charge in [0, 0.05) is 39.8 Å². The van der Waals surface area contributed by atoms with Gasteiger partial charge < -0.3 is 20.5 Å². The first-order valence-corrected chi connectivity index (χ1v) is 31.1. The minimum Gasteiger partial charge on any atom is -0.503 e. The molecule has 0 radical (unpaired) electrons. The van der Waals surface area contributed by atoms with Crippen molar-refractivity contribution in [3.63, 3.8) is 0 Å². The van der Waals surface area contributed by atoms with Gasteiger partial charge in [-0.3, -0.25) is 38.0 Å². The number of carbonyl (C=O) groups excluding carboxylic acids is 3. The van der Waals surface area contributed by atoms with Crippen molar-refractivity contribution in [1.82, 2.24) is 40.0 Å². The summed E-state index contributed by atoms with van der Waals surface area (Å²) in [7, 11) is 0. The van der Waals surface area contributed by atoms with E-state index < -0.39 is 140 Å². The number of esters is 1. The van der Waals surface area contributed by atoms with E-state index >= 15 is 0 Å². The normalized spacial score (nSPS) is 16.7. The molecule has 0 spiro atoms. The zero-order valence-corrected chi connectivity index (χ0v) is 53.2. The Hall–Kier alpha value is -8.54. The van der Waals surface area contributed by atoms with E-state index in [9.17, 15) is 99.7 Å². The van der Waals surface area contributed by atoms with Gasteiger partial charge >= 0.3 is 36.9 Å². The summed E-state index contributed by atoms with van der Waals surface area (Å²) in [5.41, 5.74) is -6.97. The highest BCUT2D eigenvalue weighted by molar-refractivity contribution is 5.93. The minimum absolute atomic E-state index is 0.0756. The first kappa shape index (κ1) is 75.8. The number of hydrogen-bond donors (Lipinski definition) is 3. The number of amides is 2. The molecule has 2 unspecified atom stereocenters. The van der Waals surface area contributed by atoms with Crippen LogP contribution in [0.25, 0.3) is 0 Å². The van der Waals surface area contributed by atoms with Crippen molar-refractivity contribution in [1.29, 1.82) is 0 Å². The zero-order valence-electron chi connectivity index (χ0n) is 53.2. The molecule has 0 aliphatic heterocycles. The molecule has 0 saturated heterocycles. The maximum absolute atomic E-state index is 13.3. The molecule has 528 valence electrons. The van der Waals surface area contributed by atoms with Gasteiger partial charge in [0.05, 0.1) is 49.1 Å². The van der Waals surface area contributed by atoms with E-state index in [1.54, 1.807) is 43.6 Å². The lowest BCUT2D eigenvalue weighted by atomic mass is 9.78. The topological polar surface area (TPSA) is 209 Å². The number of halogens is 15. The lowest BCUT2D eigenvalue weighted by molar-refractivity contribution is -0.154. The fourth-order valence-corrected chi connectivity index (χ4v) is 12.8. The maximum atomic E-state index is 13.3. The van der Waals surface area contributed by atoms with Crippen molar-refractivity contribution in [2.45, 2.75) is 203 Å². The van der Waals surface area contributed by atoms with Gasteiger partial charge in [0.2, 0.25) is 16.6 Å².